The molecule has 0 spiro atoms. The molecule has 0 aromatic heterocycles. The van der Waals surface area contributed by atoms with Gasteiger partial charge in [-0.3, -0.25) is 4.79 Å². The van der Waals surface area contributed by atoms with Crippen molar-refractivity contribution in [3.8, 4) is 5.75 Å². The average Bonchev–Trinajstić information content (AvgIpc) is 2.57. The first kappa shape index (κ1) is 19.5. The van der Waals surface area contributed by atoms with Crippen LogP contribution in [0.4, 0.5) is 0 Å². The SMILES string of the molecule is COc1ccc2cc(/C=C/C(=O)O[C@@H](C)C(=O)NC(C)(C)C)ccc2c1. The summed E-state index contributed by atoms with van der Waals surface area (Å²) >= 11 is 0. The summed E-state index contributed by atoms with van der Waals surface area (Å²) in [6.45, 7) is 7.16. The van der Waals surface area contributed by atoms with Gasteiger partial charge in [-0.2, -0.15) is 0 Å². The summed E-state index contributed by atoms with van der Waals surface area (Å²) in [5, 5.41) is 4.87. The summed E-state index contributed by atoms with van der Waals surface area (Å²) in [6.07, 6.45) is 2.14. The van der Waals surface area contributed by atoms with Crippen molar-refractivity contribution in [1.82, 2.24) is 5.32 Å². The Morgan fingerprint density at radius 1 is 1.08 bits per heavy atom. The van der Waals surface area contributed by atoms with E-state index >= 15 is 0 Å². The molecular weight excluding hydrogens is 330 g/mol. The van der Waals surface area contributed by atoms with Crippen LogP contribution in [0.3, 0.4) is 0 Å². The molecule has 138 valence electrons. The molecule has 1 N–H and O–H groups in total. The van der Waals surface area contributed by atoms with Gasteiger partial charge < -0.3 is 14.8 Å². The van der Waals surface area contributed by atoms with E-state index in [1.165, 1.54) is 6.08 Å². The first-order valence-corrected chi connectivity index (χ1v) is 8.46. The van der Waals surface area contributed by atoms with Crippen molar-refractivity contribution < 1.29 is 19.1 Å². The molecule has 5 nitrogen and oxygen atoms in total. The Labute approximate surface area is 154 Å². The van der Waals surface area contributed by atoms with Gasteiger partial charge in [0.05, 0.1) is 7.11 Å². The highest BCUT2D eigenvalue weighted by Gasteiger charge is 2.21. The molecule has 0 heterocycles. The van der Waals surface area contributed by atoms with Crippen LogP contribution in [0.2, 0.25) is 0 Å². The lowest BCUT2D eigenvalue weighted by Gasteiger charge is -2.22. The van der Waals surface area contributed by atoms with Crippen molar-refractivity contribution in [3.05, 3.63) is 48.0 Å². The molecule has 2 aromatic rings. The summed E-state index contributed by atoms with van der Waals surface area (Å²) in [7, 11) is 1.63. The van der Waals surface area contributed by atoms with E-state index in [9.17, 15) is 9.59 Å². The molecule has 0 aliphatic rings. The lowest BCUT2D eigenvalue weighted by Crippen LogP contribution is -2.46. The smallest absolute Gasteiger partial charge is 0.331 e. The van der Waals surface area contributed by atoms with Crippen molar-refractivity contribution in [2.75, 3.05) is 7.11 Å². The highest BCUT2D eigenvalue weighted by atomic mass is 16.5. The van der Waals surface area contributed by atoms with Crippen LogP contribution in [0, 0.1) is 0 Å². The lowest BCUT2D eigenvalue weighted by molar-refractivity contribution is -0.150. The molecule has 1 atom stereocenters. The Bertz CT molecular complexity index is 834. The molecular formula is C21H25NO4. The van der Waals surface area contributed by atoms with E-state index < -0.39 is 12.1 Å². The fourth-order valence-corrected chi connectivity index (χ4v) is 2.38. The van der Waals surface area contributed by atoms with E-state index in [1.54, 1.807) is 20.1 Å². The Morgan fingerprint density at radius 3 is 2.38 bits per heavy atom. The molecule has 0 bridgehead atoms. The summed E-state index contributed by atoms with van der Waals surface area (Å²) in [6, 6.07) is 11.6. The van der Waals surface area contributed by atoms with Crippen molar-refractivity contribution in [2.24, 2.45) is 0 Å². The maximum Gasteiger partial charge on any atom is 0.331 e. The fraction of sp³-hybridized carbons (Fsp3) is 0.333. The second kappa shape index (κ2) is 8.04. The second-order valence-electron chi connectivity index (χ2n) is 7.12. The molecule has 1 amide bonds. The Morgan fingerprint density at radius 2 is 1.73 bits per heavy atom. The Balaban J connectivity index is 2.01. The van der Waals surface area contributed by atoms with E-state index in [-0.39, 0.29) is 11.4 Å². The maximum absolute atomic E-state index is 11.9. The van der Waals surface area contributed by atoms with Gasteiger partial charge in [-0.1, -0.05) is 18.2 Å². The average molecular weight is 355 g/mol. The van der Waals surface area contributed by atoms with E-state index in [0.717, 1.165) is 22.1 Å². The first-order valence-electron chi connectivity index (χ1n) is 8.46. The highest BCUT2D eigenvalue weighted by Crippen LogP contribution is 2.22. The molecule has 0 radical (unpaired) electrons. The number of esters is 1. The first-order chi connectivity index (χ1) is 12.2. The van der Waals surface area contributed by atoms with E-state index in [4.69, 9.17) is 9.47 Å². The van der Waals surface area contributed by atoms with E-state index in [2.05, 4.69) is 5.32 Å². The number of amides is 1. The van der Waals surface area contributed by atoms with Crippen molar-refractivity contribution in [1.29, 1.82) is 0 Å². The standard InChI is InChI=1S/C21H25NO4/c1-14(20(24)22-21(2,3)4)26-19(23)11-7-15-6-8-17-13-18(25-5)10-9-16(17)12-15/h6-14H,1-5H3,(H,22,24)/b11-7+/t14-/m0/s1. The van der Waals surface area contributed by atoms with E-state index in [0.29, 0.717) is 0 Å². The molecule has 0 aliphatic heterocycles. The maximum atomic E-state index is 11.9. The van der Waals surface area contributed by atoms with Gasteiger partial charge in [0.2, 0.25) is 0 Å². The summed E-state index contributed by atoms with van der Waals surface area (Å²) < 4.78 is 10.4. The van der Waals surface area contributed by atoms with E-state index in [1.807, 2.05) is 57.2 Å². The minimum atomic E-state index is -0.851. The zero-order valence-electron chi connectivity index (χ0n) is 15.8. The second-order valence-corrected chi connectivity index (χ2v) is 7.12. The zero-order chi connectivity index (χ0) is 19.3. The van der Waals surface area contributed by atoms with Gasteiger partial charge in [0.25, 0.3) is 5.91 Å². The topological polar surface area (TPSA) is 64.6 Å². The normalized spacial score (nSPS) is 12.8. The van der Waals surface area contributed by atoms with Crippen LogP contribution in [0.25, 0.3) is 16.8 Å². The third kappa shape index (κ3) is 5.62. The summed E-state index contributed by atoms with van der Waals surface area (Å²) in [5.74, 6) is -0.0813. The largest absolute Gasteiger partial charge is 0.497 e. The van der Waals surface area contributed by atoms with Gasteiger partial charge >= 0.3 is 5.97 Å². The molecule has 0 saturated heterocycles. The summed E-state index contributed by atoms with van der Waals surface area (Å²) in [5.41, 5.74) is 0.493. The van der Waals surface area contributed by atoms with Gasteiger partial charge in [0.15, 0.2) is 6.10 Å². The lowest BCUT2D eigenvalue weighted by atomic mass is 10.1. The number of rotatable bonds is 5. The van der Waals surface area contributed by atoms with Crippen molar-refractivity contribution >= 4 is 28.7 Å². The molecule has 2 aromatic carbocycles. The van der Waals surface area contributed by atoms with Crippen LogP contribution in [0.5, 0.6) is 5.75 Å². The number of fused-ring (bicyclic) bond motifs is 1. The molecule has 26 heavy (non-hydrogen) atoms. The predicted molar refractivity (Wildman–Crippen MR) is 103 cm³/mol. The minimum Gasteiger partial charge on any atom is -0.497 e. The highest BCUT2D eigenvalue weighted by molar-refractivity contribution is 5.92. The van der Waals surface area contributed by atoms with Crippen LogP contribution >= 0.6 is 0 Å². The van der Waals surface area contributed by atoms with Gasteiger partial charge in [-0.15, -0.1) is 0 Å². The van der Waals surface area contributed by atoms with Gasteiger partial charge in [-0.05, 0) is 68.3 Å². The molecule has 0 aliphatic carbocycles. The van der Waals surface area contributed by atoms with Gasteiger partial charge in [-0.25, -0.2) is 4.79 Å². The Hall–Kier alpha value is -2.82. The molecule has 0 fully saturated rings. The number of benzene rings is 2. The van der Waals surface area contributed by atoms with Crippen LogP contribution < -0.4 is 10.1 Å². The predicted octanol–water partition coefficient (Wildman–Crippen LogP) is 3.71. The zero-order valence-corrected chi connectivity index (χ0v) is 15.8. The van der Waals surface area contributed by atoms with Crippen LogP contribution in [-0.2, 0) is 14.3 Å². The Kier molecular flexibility index (Phi) is 6.03. The molecule has 0 saturated carbocycles. The van der Waals surface area contributed by atoms with Crippen LogP contribution in [0.15, 0.2) is 42.5 Å². The third-order valence-corrected chi connectivity index (χ3v) is 3.64. The number of nitrogens with one attached hydrogen (secondary N) is 1. The number of methoxy groups -OCH3 is 1. The number of carbonyl (C=O) groups excluding carboxylic acids is 2. The summed E-state index contributed by atoms with van der Waals surface area (Å²) in [4.78, 5) is 23.9. The minimum absolute atomic E-state index is 0.320. The van der Waals surface area contributed by atoms with Crippen LogP contribution in [0.1, 0.15) is 33.3 Å². The quantitative estimate of drug-likeness (QED) is 0.656. The van der Waals surface area contributed by atoms with Crippen LogP contribution in [-0.4, -0.2) is 30.6 Å². The molecule has 5 heteroatoms. The monoisotopic (exact) mass is 355 g/mol. The number of hydrogen-bond acceptors (Lipinski definition) is 4. The molecule has 2 rings (SSSR count). The van der Waals surface area contributed by atoms with Gasteiger partial charge in [0.1, 0.15) is 5.75 Å². The number of hydrogen-bond donors (Lipinski definition) is 1. The van der Waals surface area contributed by atoms with Crippen molar-refractivity contribution in [2.45, 2.75) is 39.3 Å². The molecule has 0 unspecified atom stereocenters. The fourth-order valence-electron chi connectivity index (χ4n) is 2.38. The van der Waals surface area contributed by atoms with Gasteiger partial charge in [0, 0.05) is 11.6 Å². The third-order valence-electron chi connectivity index (χ3n) is 3.64. The van der Waals surface area contributed by atoms with Crippen molar-refractivity contribution in [3.63, 3.8) is 0 Å². The number of carbonyl (C=O) groups is 2. The number of ether oxygens (including phenoxy) is 2.